The molecule has 0 bridgehead atoms. The first-order valence-corrected chi connectivity index (χ1v) is 12.8. The van der Waals surface area contributed by atoms with Gasteiger partial charge in [-0.15, -0.1) is 0 Å². The van der Waals surface area contributed by atoms with Crippen LogP contribution in [0.3, 0.4) is 0 Å². The monoisotopic (exact) mass is 501 g/mol. The number of benzene rings is 1. The molecular weight excluding hydrogens is 462 g/mol. The lowest BCUT2D eigenvalue weighted by atomic mass is 10.0. The number of esters is 1. The Kier molecular flexibility index (Phi) is 8.98. The minimum Gasteiger partial charge on any atom is -0.459 e. The predicted molar refractivity (Wildman–Crippen MR) is 134 cm³/mol. The number of amides is 3. The molecule has 0 unspecified atom stereocenters. The minimum absolute atomic E-state index is 0.151. The van der Waals surface area contributed by atoms with E-state index in [0.29, 0.717) is 38.8 Å². The number of nitrogens with one attached hydrogen (secondary N) is 1. The van der Waals surface area contributed by atoms with Crippen molar-refractivity contribution >= 4 is 23.9 Å². The van der Waals surface area contributed by atoms with Gasteiger partial charge in [-0.25, -0.2) is 9.59 Å². The van der Waals surface area contributed by atoms with Crippen molar-refractivity contribution in [1.29, 1.82) is 0 Å². The molecule has 1 N–H and O–H groups in total. The molecule has 2 heterocycles. The van der Waals surface area contributed by atoms with Crippen LogP contribution in [0.1, 0.15) is 65.9 Å². The van der Waals surface area contributed by atoms with Gasteiger partial charge in [0.1, 0.15) is 30.3 Å². The SMILES string of the molecule is CC(C)[C@H](NC(=O)OC(C)(C)C)C(=O)N1CCC[C@H]1C(=O)N1CCC[C@H]1C(=O)OCc1ccccc1. The van der Waals surface area contributed by atoms with E-state index in [1.807, 2.05) is 44.2 Å². The van der Waals surface area contributed by atoms with Gasteiger partial charge in [-0.3, -0.25) is 9.59 Å². The molecule has 0 spiro atoms. The van der Waals surface area contributed by atoms with Gasteiger partial charge >= 0.3 is 12.1 Å². The zero-order valence-electron chi connectivity index (χ0n) is 22.0. The van der Waals surface area contributed by atoms with Crippen LogP contribution >= 0.6 is 0 Å². The van der Waals surface area contributed by atoms with E-state index >= 15 is 0 Å². The summed E-state index contributed by atoms with van der Waals surface area (Å²) in [6, 6.07) is 7.27. The Morgan fingerprint density at radius 2 is 1.58 bits per heavy atom. The molecule has 1 aromatic rings. The van der Waals surface area contributed by atoms with Crippen molar-refractivity contribution in [3.8, 4) is 0 Å². The molecular formula is C27H39N3O6. The molecule has 2 saturated heterocycles. The lowest BCUT2D eigenvalue weighted by Crippen LogP contribution is -2.57. The van der Waals surface area contributed by atoms with Crippen LogP contribution in [0.2, 0.25) is 0 Å². The number of alkyl carbamates (subject to hydrolysis) is 1. The summed E-state index contributed by atoms with van der Waals surface area (Å²) in [6.45, 7) is 9.97. The summed E-state index contributed by atoms with van der Waals surface area (Å²) < 4.78 is 10.8. The number of nitrogens with zero attached hydrogens (tertiary/aromatic N) is 2. The fraction of sp³-hybridized carbons (Fsp3) is 0.630. The molecule has 0 aliphatic carbocycles. The normalized spacial score (nSPS) is 20.8. The van der Waals surface area contributed by atoms with Crippen LogP contribution in [0.15, 0.2) is 30.3 Å². The second kappa shape index (κ2) is 11.8. The summed E-state index contributed by atoms with van der Waals surface area (Å²) in [5.41, 5.74) is 0.187. The van der Waals surface area contributed by atoms with E-state index in [4.69, 9.17) is 9.47 Å². The van der Waals surface area contributed by atoms with Gasteiger partial charge in [0.25, 0.3) is 0 Å². The van der Waals surface area contributed by atoms with Crippen LogP contribution in [0, 0.1) is 5.92 Å². The number of hydrogen-bond donors (Lipinski definition) is 1. The Hall–Kier alpha value is -3.10. The molecule has 198 valence electrons. The van der Waals surface area contributed by atoms with E-state index in [-0.39, 0.29) is 24.3 Å². The van der Waals surface area contributed by atoms with Crippen molar-refractivity contribution in [2.24, 2.45) is 5.92 Å². The molecule has 0 radical (unpaired) electrons. The lowest BCUT2D eigenvalue weighted by Gasteiger charge is -2.33. The van der Waals surface area contributed by atoms with Crippen molar-refractivity contribution in [1.82, 2.24) is 15.1 Å². The van der Waals surface area contributed by atoms with Crippen LogP contribution < -0.4 is 5.32 Å². The molecule has 0 saturated carbocycles. The maximum absolute atomic E-state index is 13.6. The quantitative estimate of drug-likeness (QED) is 0.575. The largest absolute Gasteiger partial charge is 0.459 e. The van der Waals surface area contributed by atoms with Gasteiger partial charge in [-0.05, 0) is 57.9 Å². The molecule has 9 nitrogen and oxygen atoms in total. The van der Waals surface area contributed by atoms with Crippen molar-refractivity contribution in [3.05, 3.63) is 35.9 Å². The van der Waals surface area contributed by atoms with Crippen molar-refractivity contribution in [2.75, 3.05) is 13.1 Å². The molecule has 2 fully saturated rings. The first-order chi connectivity index (χ1) is 17.0. The smallest absolute Gasteiger partial charge is 0.408 e. The van der Waals surface area contributed by atoms with Gasteiger partial charge in [0.15, 0.2) is 0 Å². The average molecular weight is 502 g/mol. The summed E-state index contributed by atoms with van der Waals surface area (Å²) >= 11 is 0. The van der Waals surface area contributed by atoms with E-state index in [1.54, 1.807) is 30.6 Å². The highest BCUT2D eigenvalue weighted by atomic mass is 16.6. The van der Waals surface area contributed by atoms with E-state index in [2.05, 4.69) is 5.32 Å². The third kappa shape index (κ3) is 6.98. The number of carbonyl (C=O) groups is 4. The Labute approximate surface area is 213 Å². The van der Waals surface area contributed by atoms with Crippen LogP contribution in [0.25, 0.3) is 0 Å². The third-order valence-corrected chi connectivity index (χ3v) is 6.46. The molecule has 36 heavy (non-hydrogen) atoms. The number of carbonyl (C=O) groups excluding carboxylic acids is 4. The first kappa shape index (κ1) is 27.5. The number of rotatable bonds is 7. The predicted octanol–water partition coefficient (Wildman–Crippen LogP) is 3.26. The maximum Gasteiger partial charge on any atom is 0.408 e. The lowest BCUT2D eigenvalue weighted by molar-refractivity contribution is -0.156. The van der Waals surface area contributed by atoms with Crippen LogP contribution in [0.5, 0.6) is 0 Å². The molecule has 3 rings (SSSR count). The number of likely N-dealkylation sites (tertiary alicyclic amines) is 2. The number of ether oxygens (including phenoxy) is 2. The third-order valence-electron chi connectivity index (χ3n) is 6.46. The minimum atomic E-state index is -0.821. The fourth-order valence-electron chi connectivity index (χ4n) is 4.71. The number of hydrogen-bond acceptors (Lipinski definition) is 6. The highest BCUT2D eigenvalue weighted by Crippen LogP contribution is 2.27. The zero-order valence-corrected chi connectivity index (χ0v) is 22.0. The van der Waals surface area contributed by atoms with Gasteiger partial charge in [0.05, 0.1) is 0 Å². The Morgan fingerprint density at radius 1 is 0.972 bits per heavy atom. The van der Waals surface area contributed by atoms with Gasteiger partial charge in [-0.2, -0.15) is 0 Å². The molecule has 3 atom stereocenters. The summed E-state index contributed by atoms with van der Waals surface area (Å²) in [5, 5.41) is 2.69. The Morgan fingerprint density at radius 3 is 2.19 bits per heavy atom. The van der Waals surface area contributed by atoms with Gasteiger partial charge in [0, 0.05) is 13.1 Å². The molecule has 9 heteroatoms. The molecule has 0 aromatic heterocycles. The topological polar surface area (TPSA) is 105 Å². The average Bonchev–Trinajstić information content (AvgIpc) is 3.49. The molecule has 1 aromatic carbocycles. The van der Waals surface area contributed by atoms with Gasteiger partial charge < -0.3 is 24.6 Å². The molecule has 3 amide bonds. The highest BCUT2D eigenvalue weighted by molar-refractivity contribution is 5.94. The summed E-state index contributed by atoms with van der Waals surface area (Å²) in [7, 11) is 0. The first-order valence-electron chi connectivity index (χ1n) is 12.8. The van der Waals surface area contributed by atoms with Gasteiger partial charge in [-0.1, -0.05) is 44.2 Å². The Balaban J connectivity index is 1.66. The van der Waals surface area contributed by atoms with Crippen LogP contribution in [0.4, 0.5) is 4.79 Å². The van der Waals surface area contributed by atoms with E-state index in [9.17, 15) is 19.2 Å². The molecule has 2 aliphatic rings. The van der Waals surface area contributed by atoms with Crippen LogP contribution in [-0.4, -0.2) is 70.5 Å². The summed E-state index contributed by atoms with van der Waals surface area (Å²) in [4.78, 5) is 55.4. The van der Waals surface area contributed by atoms with Crippen molar-refractivity contribution in [2.45, 2.75) is 90.6 Å². The standard InChI is InChI=1S/C27H39N3O6/c1-18(2)22(28-26(34)36-27(3,4)5)24(32)29-15-9-13-20(29)23(31)30-16-10-14-21(30)25(33)35-17-19-11-7-6-8-12-19/h6-8,11-12,18,20-22H,9-10,13-17H2,1-5H3,(H,28,34)/t20-,21-,22-/m0/s1. The second-order valence-corrected chi connectivity index (χ2v) is 10.8. The summed E-state index contributed by atoms with van der Waals surface area (Å²) in [5.74, 6) is -1.17. The van der Waals surface area contributed by atoms with E-state index in [1.165, 1.54) is 0 Å². The molecule has 2 aliphatic heterocycles. The van der Waals surface area contributed by atoms with E-state index in [0.717, 1.165) is 5.56 Å². The fourth-order valence-corrected chi connectivity index (χ4v) is 4.71. The zero-order chi connectivity index (χ0) is 26.5. The van der Waals surface area contributed by atoms with E-state index < -0.39 is 35.8 Å². The van der Waals surface area contributed by atoms with Crippen molar-refractivity contribution < 1.29 is 28.7 Å². The second-order valence-electron chi connectivity index (χ2n) is 10.8. The Bertz CT molecular complexity index is 943. The summed E-state index contributed by atoms with van der Waals surface area (Å²) in [6.07, 6.45) is 1.76. The van der Waals surface area contributed by atoms with Gasteiger partial charge in [0.2, 0.25) is 11.8 Å². The van der Waals surface area contributed by atoms with Crippen molar-refractivity contribution in [3.63, 3.8) is 0 Å². The maximum atomic E-state index is 13.6. The van der Waals surface area contributed by atoms with Crippen LogP contribution in [-0.2, 0) is 30.5 Å². The highest BCUT2D eigenvalue weighted by Gasteiger charge is 2.44.